The first-order valence-electron chi connectivity index (χ1n) is 11.7. The summed E-state index contributed by atoms with van der Waals surface area (Å²) in [5.41, 5.74) is 2.40. The molecular formula is C26H34F2N2O3. The minimum Gasteiger partial charge on any atom is -0.465 e. The maximum absolute atomic E-state index is 13.6. The average Bonchev–Trinajstić information content (AvgIpc) is 2.77. The van der Waals surface area contributed by atoms with E-state index in [4.69, 9.17) is 0 Å². The third-order valence-corrected chi connectivity index (χ3v) is 6.61. The van der Waals surface area contributed by atoms with Crippen molar-refractivity contribution >= 4 is 6.09 Å². The molecule has 2 aromatic carbocycles. The lowest BCUT2D eigenvalue weighted by Crippen LogP contribution is -2.53. The minimum atomic E-state index is -1.30. The molecule has 2 atom stereocenters. The number of nitrogens with one attached hydrogen (secondary N) is 2. The zero-order valence-electron chi connectivity index (χ0n) is 19.3. The van der Waals surface area contributed by atoms with Gasteiger partial charge in [-0.1, -0.05) is 57.4 Å². The van der Waals surface area contributed by atoms with Crippen LogP contribution in [0.3, 0.4) is 0 Å². The highest BCUT2D eigenvalue weighted by Crippen LogP contribution is 2.38. The molecule has 1 aliphatic rings. The van der Waals surface area contributed by atoms with Gasteiger partial charge >= 0.3 is 6.09 Å². The molecule has 0 saturated heterocycles. The Morgan fingerprint density at radius 2 is 1.73 bits per heavy atom. The van der Waals surface area contributed by atoms with Crippen LogP contribution in [-0.4, -0.2) is 35.0 Å². The molecule has 1 saturated carbocycles. The number of amides is 1. The van der Waals surface area contributed by atoms with Crippen LogP contribution in [0.25, 0.3) is 0 Å². The Hall–Kier alpha value is -2.51. The highest BCUT2D eigenvalue weighted by molar-refractivity contribution is 5.65. The van der Waals surface area contributed by atoms with Crippen molar-refractivity contribution in [2.24, 2.45) is 0 Å². The summed E-state index contributed by atoms with van der Waals surface area (Å²) in [7, 11) is 0. The molecule has 7 heteroatoms. The molecule has 1 amide bonds. The van der Waals surface area contributed by atoms with E-state index in [1.165, 1.54) is 11.1 Å². The molecular weight excluding hydrogens is 426 g/mol. The molecule has 0 aromatic heterocycles. The van der Waals surface area contributed by atoms with E-state index in [-0.39, 0.29) is 24.1 Å². The SMILES string of the molecule is CC(C)c1cccc(C2(NC[C@@H](O)[C@H](Cc3cc(F)cc(F)c3)NC(=O)O)CCCCC2)c1. The van der Waals surface area contributed by atoms with Gasteiger partial charge in [0.25, 0.3) is 0 Å². The number of aliphatic hydroxyl groups is 1. The fraction of sp³-hybridized carbons (Fsp3) is 0.500. The highest BCUT2D eigenvalue weighted by atomic mass is 19.1. The molecule has 2 aromatic rings. The second-order valence-electron chi connectivity index (χ2n) is 9.41. The zero-order valence-corrected chi connectivity index (χ0v) is 19.3. The van der Waals surface area contributed by atoms with E-state index in [0.717, 1.165) is 50.3 Å². The number of halogens is 2. The maximum Gasteiger partial charge on any atom is 0.404 e. The van der Waals surface area contributed by atoms with Crippen molar-refractivity contribution in [2.75, 3.05) is 6.54 Å². The lowest BCUT2D eigenvalue weighted by Gasteiger charge is -2.40. The van der Waals surface area contributed by atoms with Crippen LogP contribution in [0.5, 0.6) is 0 Å². The molecule has 3 rings (SSSR count). The summed E-state index contributed by atoms with van der Waals surface area (Å²) in [6.45, 7) is 4.46. The first-order chi connectivity index (χ1) is 15.7. The van der Waals surface area contributed by atoms with E-state index >= 15 is 0 Å². The van der Waals surface area contributed by atoms with Crippen molar-refractivity contribution in [2.45, 2.75) is 76.0 Å². The van der Waals surface area contributed by atoms with Gasteiger partial charge in [-0.05, 0) is 54.0 Å². The largest absolute Gasteiger partial charge is 0.465 e. The van der Waals surface area contributed by atoms with Crippen molar-refractivity contribution < 1.29 is 23.8 Å². The lowest BCUT2D eigenvalue weighted by molar-refractivity contribution is 0.100. The number of rotatable bonds is 9. The van der Waals surface area contributed by atoms with Crippen LogP contribution in [0.2, 0.25) is 0 Å². The molecule has 0 heterocycles. The van der Waals surface area contributed by atoms with Crippen molar-refractivity contribution in [1.29, 1.82) is 0 Å². The smallest absolute Gasteiger partial charge is 0.404 e. The van der Waals surface area contributed by atoms with E-state index in [1.54, 1.807) is 0 Å². The van der Waals surface area contributed by atoms with Gasteiger partial charge in [-0.15, -0.1) is 0 Å². The van der Waals surface area contributed by atoms with Gasteiger partial charge in [-0.2, -0.15) is 0 Å². The van der Waals surface area contributed by atoms with Gasteiger partial charge in [-0.25, -0.2) is 13.6 Å². The normalized spacial score (nSPS) is 17.5. The molecule has 0 bridgehead atoms. The molecule has 33 heavy (non-hydrogen) atoms. The van der Waals surface area contributed by atoms with Crippen LogP contribution in [0.15, 0.2) is 42.5 Å². The second kappa shape index (κ2) is 11.1. The summed E-state index contributed by atoms with van der Waals surface area (Å²) in [5, 5.41) is 26.0. The first kappa shape index (κ1) is 25.1. The summed E-state index contributed by atoms with van der Waals surface area (Å²) < 4.78 is 27.2. The minimum absolute atomic E-state index is 0.0281. The topological polar surface area (TPSA) is 81.6 Å². The summed E-state index contributed by atoms with van der Waals surface area (Å²) in [5.74, 6) is -1.08. The van der Waals surface area contributed by atoms with E-state index in [1.807, 2.05) is 0 Å². The molecule has 180 valence electrons. The van der Waals surface area contributed by atoms with E-state index in [0.29, 0.717) is 5.92 Å². The van der Waals surface area contributed by atoms with Gasteiger partial charge in [0.15, 0.2) is 0 Å². The van der Waals surface area contributed by atoms with Gasteiger partial charge in [0.2, 0.25) is 0 Å². The molecule has 1 fully saturated rings. The predicted octanol–water partition coefficient (Wildman–Crippen LogP) is 5.08. The van der Waals surface area contributed by atoms with Crippen LogP contribution < -0.4 is 10.6 Å². The van der Waals surface area contributed by atoms with Gasteiger partial charge in [0.1, 0.15) is 11.6 Å². The number of hydrogen-bond donors (Lipinski definition) is 4. The number of hydrogen-bond acceptors (Lipinski definition) is 3. The third-order valence-electron chi connectivity index (χ3n) is 6.61. The average molecular weight is 461 g/mol. The summed E-state index contributed by atoms with van der Waals surface area (Å²) in [6, 6.07) is 10.7. The number of carboxylic acid groups (broad SMARTS) is 1. The Morgan fingerprint density at radius 1 is 1.06 bits per heavy atom. The number of benzene rings is 2. The Bertz CT molecular complexity index is 925. The van der Waals surface area contributed by atoms with E-state index < -0.39 is 29.9 Å². The molecule has 0 aliphatic heterocycles. The van der Waals surface area contributed by atoms with Gasteiger partial charge < -0.3 is 20.8 Å². The highest BCUT2D eigenvalue weighted by Gasteiger charge is 2.35. The van der Waals surface area contributed by atoms with Crippen LogP contribution in [0.1, 0.15) is 68.6 Å². The fourth-order valence-electron chi connectivity index (χ4n) is 4.79. The standard InChI is InChI=1S/C26H34F2N2O3/c1-17(2)19-7-6-8-20(14-19)26(9-4-3-5-10-26)29-16-24(31)23(30-25(32)33)13-18-11-21(27)15-22(28)12-18/h6-8,11-12,14-15,17,23-24,29-31H,3-5,9-10,13,16H2,1-2H3,(H,32,33)/t23-,24+/m0/s1. The Labute approximate surface area is 194 Å². The van der Waals surface area contributed by atoms with E-state index in [9.17, 15) is 23.8 Å². The Balaban J connectivity index is 1.78. The fourth-order valence-corrected chi connectivity index (χ4v) is 4.79. The van der Waals surface area contributed by atoms with Crippen LogP contribution in [0.4, 0.5) is 13.6 Å². The molecule has 0 spiro atoms. The van der Waals surface area contributed by atoms with Crippen molar-refractivity contribution in [1.82, 2.24) is 10.6 Å². The van der Waals surface area contributed by atoms with Crippen LogP contribution in [-0.2, 0) is 12.0 Å². The summed E-state index contributed by atoms with van der Waals surface area (Å²) >= 11 is 0. The molecule has 4 N–H and O–H groups in total. The quantitative estimate of drug-likeness (QED) is 0.421. The van der Waals surface area contributed by atoms with Crippen molar-refractivity contribution in [3.05, 3.63) is 70.8 Å². The molecule has 0 unspecified atom stereocenters. The number of aliphatic hydroxyl groups excluding tert-OH is 1. The van der Waals surface area contributed by atoms with Gasteiger partial charge in [0.05, 0.1) is 12.1 Å². The monoisotopic (exact) mass is 460 g/mol. The third kappa shape index (κ3) is 6.74. The lowest BCUT2D eigenvalue weighted by atomic mass is 9.75. The Kier molecular flexibility index (Phi) is 8.43. The molecule has 1 aliphatic carbocycles. The molecule has 0 radical (unpaired) electrons. The van der Waals surface area contributed by atoms with E-state index in [2.05, 4.69) is 48.7 Å². The molecule has 5 nitrogen and oxygen atoms in total. The van der Waals surface area contributed by atoms with Gasteiger partial charge in [0, 0.05) is 18.2 Å². The van der Waals surface area contributed by atoms with Crippen LogP contribution in [0, 0.1) is 11.6 Å². The van der Waals surface area contributed by atoms with Crippen LogP contribution >= 0.6 is 0 Å². The summed E-state index contributed by atoms with van der Waals surface area (Å²) in [4.78, 5) is 11.3. The first-order valence-corrected chi connectivity index (χ1v) is 11.7. The summed E-state index contributed by atoms with van der Waals surface area (Å²) in [6.07, 6.45) is 2.72. The zero-order chi connectivity index (χ0) is 24.0. The van der Waals surface area contributed by atoms with Crippen molar-refractivity contribution in [3.8, 4) is 0 Å². The predicted molar refractivity (Wildman–Crippen MR) is 124 cm³/mol. The number of carbonyl (C=O) groups is 1. The van der Waals surface area contributed by atoms with Gasteiger partial charge in [-0.3, -0.25) is 0 Å². The second-order valence-corrected chi connectivity index (χ2v) is 9.41. The maximum atomic E-state index is 13.6. The van der Waals surface area contributed by atoms with Crippen molar-refractivity contribution in [3.63, 3.8) is 0 Å². The Morgan fingerprint density at radius 3 is 2.33 bits per heavy atom.